The predicted molar refractivity (Wildman–Crippen MR) is 81.9 cm³/mol. The van der Waals surface area contributed by atoms with Crippen LogP contribution in [-0.4, -0.2) is 30.3 Å². The summed E-state index contributed by atoms with van der Waals surface area (Å²) in [7, 11) is -4.46. The van der Waals surface area contributed by atoms with Crippen molar-refractivity contribution >= 4 is 25.3 Å². The molecule has 10 heteroatoms. The van der Waals surface area contributed by atoms with Gasteiger partial charge in [0.25, 0.3) is 0 Å². The Labute approximate surface area is 141 Å². The Balaban J connectivity index is 2.71. The highest BCUT2D eigenvalue weighted by molar-refractivity contribution is 7.58. The molecule has 1 aliphatic heterocycles. The van der Waals surface area contributed by atoms with Gasteiger partial charge in [-0.3, -0.25) is 4.57 Å². The minimum Gasteiger partial charge on any atom is -0.449 e. The molecule has 0 saturated carbocycles. The molecule has 0 bridgehead atoms. The van der Waals surface area contributed by atoms with E-state index in [1.54, 1.807) is 0 Å². The van der Waals surface area contributed by atoms with Gasteiger partial charge in [-0.1, -0.05) is 11.6 Å². The highest BCUT2D eigenvalue weighted by atomic mass is 35.5. The second-order valence-corrected chi connectivity index (χ2v) is 7.22. The minimum atomic E-state index is -5.28. The van der Waals surface area contributed by atoms with E-state index < -0.39 is 24.9 Å². The van der Waals surface area contributed by atoms with Gasteiger partial charge < -0.3 is 18.9 Å². The third-order valence-electron chi connectivity index (χ3n) is 3.15. The summed E-state index contributed by atoms with van der Waals surface area (Å²) in [4.78, 5) is 0. The van der Waals surface area contributed by atoms with Crippen molar-refractivity contribution < 1.29 is 36.6 Å². The van der Waals surface area contributed by atoms with Crippen molar-refractivity contribution in [1.29, 1.82) is 0 Å². The van der Waals surface area contributed by atoms with Crippen LogP contribution in [0.4, 0.5) is 13.2 Å². The van der Waals surface area contributed by atoms with Gasteiger partial charge in [0.15, 0.2) is 0 Å². The van der Waals surface area contributed by atoms with Gasteiger partial charge in [-0.25, -0.2) is 0 Å². The maximum absolute atomic E-state index is 13.5. The van der Waals surface area contributed by atoms with E-state index in [0.717, 1.165) is 6.08 Å². The Hall–Kier alpha value is -1.05. The molecule has 1 heterocycles. The monoisotopic (exact) mass is 386 g/mol. The first-order valence-electron chi connectivity index (χ1n) is 6.97. The van der Waals surface area contributed by atoms with Gasteiger partial charge in [0.05, 0.1) is 13.2 Å². The number of benzene rings is 1. The zero-order chi connectivity index (χ0) is 18.2. The highest BCUT2D eigenvalue weighted by Crippen LogP contribution is 2.64. The fourth-order valence-corrected chi connectivity index (χ4v) is 4.22. The fourth-order valence-electron chi connectivity index (χ4n) is 2.17. The predicted octanol–water partition coefficient (Wildman–Crippen LogP) is 4.59. The Bertz CT molecular complexity index is 696. The second-order valence-electron chi connectivity index (χ2n) is 4.79. The van der Waals surface area contributed by atoms with Gasteiger partial charge in [0.2, 0.25) is 0 Å². The summed E-state index contributed by atoms with van der Waals surface area (Å²) in [5, 5.41) is 9.38. The lowest BCUT2D eigenvalue weighted by molar-refractivity contribution is -0.314. The van der Waals surface area contributed by atoms with Gasteiger partial charge in [-0.2, -0.15) is 13.2 Å². The van der Waals surface area contributed by atoms with Crippen LogP contribution < -0.4 is 4.74 Å². The van der Waals surface area contributed by atoms with Crippen LogP contribution in [0, 0.1) is 0 Å². The molecular formula is C14H15ClF3O5P. The van der Waals surface area contributed by atoms with Gasteiger partial charge >= 0.3 is 19.6 Å². The third kappa shape index (κ3) is 3.34. The van der Waals surface area contributed by atoms with Crippen LogP contribution in [0.5, 0.6) is 5.75 Å². The zero-order valence-electron chi connectivity index (χ0n) is 12.8. The minimum absolute atomic E-state index is 0.117. The summed E-state index contributed by atoms with van der Waals surface area (Å²) in [5.41, 5.74) is 0.117. The van der Waals surface area contributed by atoms with Crippen molar-refractivity contribution in [3.05, 3.63) is 34.1 Å². The number of aliphatic hydroxyl groups is 1. The molecule has 0 aliphatic carbocycles. The molecule has 1 N–H and O–H groups in total. The molecule has 0 radical (unpaired) electrons. The van der Waals surface area contributed by atoms with Crippen molar-refractivity contribution in [1.82, 2.24) is 0 Å². The van der Waals surface area contributed by atoms with Gasteiger partial charge in [-0.05, 0) is 38.1 Å². The van der Waals surface area contributed by atoms with E-state index in [1.165, 1.54) is 32.0 Å². The van der Waals surface area contributed by atoms with Crippen LogP contribution >= 0.6 is 19.2 Å². The van der Waals surface area contributed by atoms with Crippen molar-refractivity contribution in [2.24, 2.45) is 0 Å². The number of rotatable bonds is 5. The number of hydrogen-bond donors (Lipinski definition) is 1. The zero-order valence-corrected chi connectivity index (χ0v) is 14.4. The average Bonchev–Trinajstić information content (AvgIpc) is 2.46. The van der Waals surface area contributed by atoms with E-state index in [0.29, 0.717) is 0 Å². The average molecular weight is 387 g/mol. The van der Waals surface area contributed by atoms with Crippen molar-refractivity contribution in [3.63, 3.8) is 0 Å². The molecule has 5 nitrogen and oxygen atoms in total. The molecule has 134 valence electrons. The smallest absolute Gasteiger partial charge is 0.449 e. The van der Waals surface area contributed by atoms with Crippen molar-refractivity contribution in [2.75, 3.05) is 13.2 Å². The van der Waals surface area contributed by atoms with Crippen LogP contribution in [0.3, 0.4) is 0 Å². The molecule has 2 rings (SSSR count). The van der Waals surface area contributed by atoms with E-state index in [-0.39, 0.29) is 29.5 Å². The number of fused-ring (bicyclic) bond motifs is 1. The summed E-state index contributed by atoms with van der Waals surface area (Å²) in [6, 6.07) is 3.80. The Morgan fingerprint density at radius 2 is 1.88 bits per heavy atom. The topological polar surface area (TPSA) is 65.0 Å². The first-order valence-corrected chi connectivity index (χ1v) is 8.89. The van der Waals surface area contributed by atoms with Crippen LogP contribution in [0.15, 0.2) is 23.5 Å². The standard InChI is InChI=1S/C14H15ClF3O5P/c1-3-21-24(20,22-4-2)12-8-9-7-10(15)5-6-11(9)23-13(12,19)14(16,17)18/h5-8,19H,3-4H2,1-2H3. The van der Waals surface area contributed by atoms with Crippen LogP contribution in [0.25, 0.3) is 6.08 Å². The summed E-state index contributed by atoms with van der Waals surface area (Å²) >= 11 is 5.82. The second kappa shape index (κ2) is 6.69. The molecule has 0 spiro atoms. The van der Waals surface area contributed by atoms with Gasteiger partial charge in [-0.15, -0.1) is 0 Å². The molecule has 1 atom stereocenters. The maximum atomic E-state index is 13.5. The van der Waals surface area contributed by atoms with Gasteiger partial charge in [0.1, 0.15) is 11.1 Å². The highest BCUT2D eigenvalue weighted by Gasteiger charge is 2.65. The first-order chi connectivity index (χ1) is 11.1. The lowest BCUT2D eigenvalue weighted by Gasteiger charge is -2.38. The van der Waals surface area contributed by atoms with Crippen LogP contribution in [-0.2, 0) is 13.6 Å². The van der Waals surface area contributed by atoms with E-state index in [1.807, 2.05) is 0 Å². The van der Waals surface area contributed by atoms with Crippen molar-refractivity contribution in [3.8, 4) is 5.75 Å². The lowest BCUT2D eigenvalue weighted by Crippen LogP contribution is -2.53. The maximum Gasteiger partial charge on any atom is 0.460 e. The molecule has 1 aliphatic rings. The van der Waals surface area contributed by atoms with Crippen molar-refractivity contribution in [2.45, 2.75) is 25.8 Å². The molecule has 0 aromatic heterocycles. The molecule has 1 aromatic rings. The molecule has 24 heavy (non-hydrogen) atoms. The van der Waals surface area contributed by atoms with E-state index in [9.17, 15) is 22.8 Å². The summed E-state index contributed by atoms with van der Waals surface area (Å²) in [6.45, 7) is 2.50. The molecule has 1 unspecified atom stereocenters. The molecule has 1 aromatic carbocycles. The lowest BCUT2D eigenvalue weighted by atomic mass is 10.1. The molecule has 0 saturated heterocycles. The van der Waals surface area contributed by atoms with E-state index >= 15 is 0 Å². The molecule has 0 amide bonds. The third-order valence-corrected chi connectivity index (χ3v) is 5.60. The molecule has 0 fully saturated rings. The summed E-state index contributed by atoms with van der Waals surface area (Å²) in [6.07, 6.45) is -4.40. The summed E-state index contributed by atoms with van der Waals surface area (Å²) in [5.74, 6) is -4.10. The van der Waals surface area contributed by atoms with Gasteiger partial charge in [0, 0.05) is 10.6 Å². The largest absolute Gasteiger partial charge is 0.460 e. The SMILES string of the molecule is CCOP(=O)(OCC)C1=Cc2cc(Cl)ccc2OC1(O)C(F)(F)F. The van der Waals surface area contributed by atoms with E-state index in [2.05, 4.69) is 0 Å². The number of ether oxygens (including phenoxy) is 1. The summed E-state index contributed by atoms with van der Waals surface area (Å²) < 4.78 is 67.9. The molecular weight excluding hydrogens is 372 g/mol. The normalized spacial score (nSPS) is 21.0. The van der Waals surface area contributed by atoms with Crippen LogP contribution in [0.2, 0.25) is 5.02 Å². The Morgan fingerprint density at radius 3 is 2.38 bits per heavy atom. The van der Waals surface area contributed by atoms with E-state index in [4.69, 9.17) is 25.4 Å². The number of halogens is 4. The number of alkyl halides is 3. The Kier molecular flexibility index (Phi) is 5.37. The first kappa shape index (κ1) is 19.3. The van der Waals surface area contributed by atoms with Crippen LogP contribution in [0.1, 0.15) is 19.4 Å². The number of hydrogen-bond acceptors (Lipinski definition) is 5. The fraction of sp³-hybridized carbons (Fsp3) is 0.429. The Morgan fingerprint density at radius 1 is 1.29 bits per heavy atom. The quantitative estimate of drug-likeness (QED) is 0.750.